The van der Waals surface area contributed by atoms with Crippen molar-refractivity contribution in [2.24, 2.45) is 10.8 Å². The van der Waals surface area contributed by atoms with Crippen LogP contribution in [0.2, 0.25) is 0 Å². The highest BCUT2D eigenvalue weighted by Crippen LogP contribution is 2.28. The van der Waals surface area contributed by atoms with E-state index in [-0.39, 0.29) is 12.5 Å². The Kier molecular flexibility index (Phi) is 7.18. The molecule has 0 aromatic heterocycles. The van der Waals surface area contributed by atoms with Gasteiger partial charge in [0.15, 0.2) is 18.1 Å². The number of hydrogen-bond donors (Lipinski definition) is 3. The minimum absolute atomic E-state index is 0.162. The van der Waals surface area contributed by atoms with E-state index < -0.39 is 6.03 Å². The average Bonchev–Trinajstić information content (AvgIpc) is 2.63. The van der Waals surface area contributed by atoms with Crippen molar-refractivity contribution in [3.05, 3.63) is 53.6 Å². The molecule has 0 aliphatic carbocycles. The van der Waals surface area contributed by atoms with Gasteiger partial charge in [-0.1, -0.05) is 17.7 Å². The number of carbonyl (C=O) groups is 2. The Morgan fingerprint density at radius 2 is 1.85 bits per heavy atom. The maximum atomic E-state index is 12.1. The molecule has 8 heteroatoms. The fraction of sp³-hybridized carbons (Fsp3) is 0.211. The third-order valence-electron chi connectivity index (χ3n) is 3.35. The second kappa shape index (κ2) is 9.81. The summed E-state index contributed by atoms with van der Waals surface area (Å²) in [5, 5.41) is 6.45. The molecule has 0 radical (unpaired) electrons. The lowest BCUT2D eigenvalue weighted by molar-refractivity contribution is -0.118. The zero-order chi connectivity index (χ0) is 19.6. The van der Waals surface area contributed by atoms with Crippen LogP contribution in [0.15, 0.2) is 47.6 Å². The first-order valence-corrected chi connectivity index (χ1v) is 8.32. The Bertz CT molecular complexity index is 819. The van der Waals surface area contributed by atoms with E-state index >= 15 is 0 Å². The predicted molar refractivity (Wildman–Crippen MR) is 103 cm³/mol. The molecule has 2 aromatic carbocycles. The summed E-state index contributed by atoms with van der Waals surface area (Å²) in [4.78, 5) is 22.7. The van der Waals surface area contributed by atoms with Gasteiger partial charge in [-0.05, 0) is 49.7 Å². The Morgan fingerprint density at radius 1 is 1.11 bits per heavy atom. The summed E-state index contributed by atoms with van der Waals surface area (Å²) in [6, 6.07) is 11.8. The lowest BCUT2D eigenvalue weighted by Gasteiger charge is -2.12. The van der Waals surface area contributed by atoms with Gasteiger partial charge in [0.05, 0.1) is 12.8 Å². The molecule has 2 rings (SSSR count). The van der Waals surface area contributed by atoms with Gasteiger partial charge in [0.2, 0.25) is 0 Å². The topological polar surface area (TPSA) is 115 Å². The summed E-state index contributed by atoms with van der Waals surface area (Å²) < 4.78 is 11.1. The van der Waals surface area contributed by atoms with Crippen molar-refractivity contribution in [3.63, 3.8) is 0 Å². The number of nitrogens with zero attached hydrogens (tertiary/aromatic N) is 1. The van der Waals surface area contributed by atoms with Crippen molar-refractivity contribution >= 4 is 23.8 Å². The van der Waals surface area contributed by atoms with Crippen LogP contribution in [0.4, 0.5) is 10.5 Å². The number of aryl methyl sites for hydroxylation is 1. The molecule has 27 heavy (non-hydrogen) atoms. The van der Waals surface area contributed by atoms with E-state index in [4.69, 9.17) is 15.2 Å². The van der Waals surface area contributed by atoms with Crippen LogP contribution in [0.1, 0.15) is 18.1 Å². The van der Waals surface area contributed by atoms with Crippen LogP contribution in [-0.4, -0.2) is 31.4 Å². The Morgan fingerprint density at radius 3 is 2.52 bits per heavy atom. The number of nitrogens with one attached hydrogen (secondary N) is 2. The zero-order valence-corrected chi connectivity index (χ0v) is 15.2. The molecule has 0 bridgehead atoms. The normalized spacial score (nSPS) is 10.4. The molecule has 0 atom stereocenters. The molecule has 8 nitrogen and oxygen atoms in total. The van der Waals surface area contributed by atoms with E-state index in [1.54, 1.807) is 18.2 Å². The minimum Gasteiger partial charge on any atom is -0.490 e. The molecule has 0 spiro atoms. The first kappa shape index (κ1) is 19.8. The third kappa shape index (κ3) is 6.69. The predicted octanol–water partition coefficient (Wildman–Crippen LogP) is 2.41. The van der Waals surface area contributed by atoms with Crippen molar-refractivity contribution < 1.29 is 19.1 Å². The van der Waals surface area contributed by atoms with Crippen molar-refractivity contribution in [3.8, 4) is 11.5 Å². The van der Waals surface area contributed by atoms with Gasteiger partial charge in [0.1, 0.15) is 0 Å². The number of anilines is 1. The maximum absolute atomic E-state index is 12.1. The Balaban J connectivity index is 1.99. The Hall–Kier alpha value is -3.55. The SMILES string of the molecule is CCOc1cc(C=NNC(N)=O)ccc1OCC(=O)Nc1ccc(C)cc1. The number of hydrogen-bond acceptors (Lipinski definition) is 5. The van der Waals surface area contributed by atoms with E-state index in [1.165, 1.54) is 6.21 Å². The summed E-state index contributed by atoms with van der Waals surface area (Å²) >= 11 is 0. The lowest BCUT2D eigenvalue weighted by atomic mass is 10.2. The molecule has 0 aliphatic heterocycles. The zero-order valence-electron chi connectivity index (χ0n) is 15.2. The van der Waals surface area contributed by atoms with Crippen LogP contribution in [0, 0.1) is 6.92 Å². The lowest BCUT2D eigenvalue weighted by Crippen LogP contribution is -2.24. The van der Waals surface area contributed by atoms with E-state index in [0.717, 1.165) is 5.56 Å². The fourth-order valence-electron chi connectivity index (χ4n) is 2.14. The quantitative estimate of drug-likeness (QED) is 0.489. The van der Waals surface area contributed by atoms with Gasteiger partial charge in [-0.25, -0.2) is 10.2 Å². The van der Waals surface area contributed by atoms with E-state index in [2.05, 4.69) is 15.8 Å². The largest absolute Gasteiger partial charge is 0.490 e. The molecule has 0 aliphatic rings. The second-order valence-corrected chi connectivity index (χ2v) is 5.58. The molecule has 3 amide bonds. The van der Waals surface area contributed by atoms with Crippen LogP contribution in [-0.2, 0) is 4.79 Å². The molecule has 0 saturated carbocycles. The summed E-state index contributed by atoms with van der Waals surface area (Å²) in [5.41, 5.74) is 9.54. The van der Waals surface area contributed by atoms with Gasteiger partial charge in [0, 0.05) is 5.69 Å². The molecule has 0 unspecified atom stereocenters. The van der Waals surface area contributed by atoms with Crippen LogP contribution >= 0.6 is 0 Å². The van der Waals surface area contributed by atoms with Crippen LogP contribution in [0.5, 0.6) is 11.5 Å². The molecular weight excluding hydrogens is 348 g/mol. The fourth-order valence-corrected chi connectivity index (χ4v) is 2.14. The van der Waals surface area contributed by atoms with Crippen molar-refractivity contribution in [1.82, 2.24) is 5.43 Å². The van der Waals surface area contributed by atoms with Crippen LogP contribution in [0.25, 0.3) is 0 Å². The van der Waals surface area contributed by atoms with Crippen LogP contribution in [0.3, 0.4) is 0 Å². The molecule has 0 heterocycles. The summed E-state index contributed by atoms with van der Waals surface area (Å²) in [5.74, 6) is 0.608. The highest BCUT2D eigenvalue weighted by molar-refractivity contribution is 5.92. The van der Waals surface area contributed by atoms with Crippen molar-refractivity contribution in [2.45, 2.75) is 13.8 Å². The molecule has 142 valence electrons. The highest BCUT2D eigenvalue weighted by Gasteiger charge is 2.09. The first-order chi connectivity index (χ1) is 13.0. The number of amides is 3. The molecule has 0 fully saturated rings. The van der Waals surface area contributed by atoms with E-state index in [1.807, 2.05) is 38.1 Å². The number of hydrazone groups is 1. The summed E-state index contributed by atoms with van der Waals surface area (Å²) in [6.07, 6.45) is 1.42. The smallest absolute Gasteiger partial charge is 0.332 e. The van der Waals surface area contributed by atoms with Gasteiger partial charge in [0.25, 0.3) is 5.91 Å². The van der Waals surface area contributed by atoms with Gasteiger partial charge < -0.3 is 20.5 Å². The number of nitrogens with two attached hydrogens (primary N) is 1. The number of benzene rings is 2. The number of ether oxygens (including phenoxy) is 2. The number of primary amides is 1. The van der Waals surface area contributed by atoms with Gasteiger partial charge in [-0.2, -0.15) is 5.10 Å². The molecule has 0 saturated heterocycles. The number of rotatable bonds is 8. The monoisotopic (exact) mass is 370 g/mol. The molecule has 2 aromatic rings. The number of urea groups is 1. The maximum Gasteiger partial charge on any atom is 0.332 e. The van der Waals surface area contributed by atoms with Gasteiger partial charge in [-0.15, -0.1) is 0 Å². The van der Waals surface area contributed by atoms with E-state index in [9.17, 15) is 9.59 Å². The van der Waals surface area contributed by atoms with Gasteiger partial charge >= 0.3 is 6.03 Å². The Labute approximate surface area is 157 Å². The summed E-state index contributed by atoms with van der Waals surface area (Å²) in [6.45, 7) is 4.07. The van der Waals surface area contributed by atoms with E-state index in [0.29, 0.717) is 29.4 Å². The van der Waals surface area contributed by atoms with Crippen molar-refractivity contribution in [1.29, 1.82) is 0 Å². The van der Waals surface area contributed by atoms with Gasteiger partial charge in [-0.3, -0.25) is 4.79 Å². The average molecular weight is 370 g/mol. The highest BCUT2D eigenvalue weighted by atomic mass is 16.5. The first-order valence-electron chi connectivity index (χ1n) is 8.32. The third-order valence-corrected chi connectivity index (χ3v) is 3.35. The molecule has 4 N–H and O–H groups in total. The van der Waals surface area contributed by atoms with Crippen LogP contribution < -0.4 is 25.9 Å². The number of carbonyl (C=O) groups excluding carboxylic acids is 2. The second-order valence-electron chi connectivity index (χ2n) is 5.58. The summed E-state index contributed by atoms with van der Waals surface area (Å²) in [7, 11) is 0. The standard InChI is InChI=1S/C19H22N4O4/c1-3-26-17-10-14(11-21-23-19(20)25)6-9-16(17)27-12-18(24)22-15-7-4-13(2)5-8-15/h4-11H,3,12H2,1-2H3,(H,22,24)(H3,20,23,25). The minimum atomic E-state index is -0.754. The van der Waals surface area contributed by atoms with Crippen molar-refractivity contribution in [2.75, 3.05) is 18.5 Å². The molecular formula is C19H22N4O4.